The van der Waals surface area contributed by atoms with Crippen LogP contribution in [0.25, 0.3) is 0 Å². The third-order valence-electron chi connectivity index (χ3n) is 1.79. The minimum atomic E-state index is -0.549. The summed E-state index contributed by atoms with van der Waals surface area (Å²) in [4.78, 5) is 19.3. The fourth-order valence-electron chi connectivity index (χ4n) is 1.03. The SMILES string of the molecule is CCOC(=O)/C=C/ONC=Nc1ccc(Cl)cc1F. The Kier molecular flexibility index (Phi) is 6.38. The number of halogens is 2. The highest BCUT2D eigenvalue weighted by Gasteiger charge is 1.99. The van der Waals surface area contributed by atoms with Gasteiger partial charge in [0.15, 0.2) is 0 Å². The molecular weight excluding hydrogens is 275 g/mol. The number of esters is 1. The summed E-state index contributed by atoms with van der Waals surface area (Å²) < 4.78 is 17.9. The van der Waals surface area contributed by atoms with Crippen molar-refractivity contribution in [3.05, 3.63) is 41.4 Å². The number of hydrogen-bond acceptors (Lipinski definition) is 4. The molecular formula is C12H12ClFN2O3. The number of hydroxylamine groups is 1. The van der Waals surface area contributed by atoms with Crippen LogP contribution in [0.3, 0.4) is 0 Å². The molecule has 0 aliphatic heterocycles. The summed E-state index contributed by atoms with van der Waals surface area (Å²) >= 11 is 5.59. The molecule has 0 fully saturated rings. The molecule has 0 radical (unpaired) electrons. The summed E-state index contributed by atoms with van der Waals surface area (Å²) in [6, 6.07) is 4.08. The van der Waals surface area contributed by atoms with Gasteiger partial charge in [0.2, 0.25) is 0 Å². The fraction of sp³-hybridized carbons (Fsp3) is 0.167. The molecule has 0 saturated carbocycles. The van der Waals surface area contributed by atoms with Gasteiger partial charge < -0.3 is 9.57 Å². The molecule has 1 aromatic carbocycles. The molecule has 0 spiro atoms. The Labute approximate surface area is 114 Å². The van der Waals surface area contributed by atoms with Gasteiger partial charge in [-0.1, -0.05) is 11.6 Å². The van der Waals surface area contributed by atoms with Crippen LogP contribution in [0.4, 0.5) is 10.1 Å². The maximum atomic E-state index is 13.3. The van der Waals surface area contributed by atoms with Crippen LogP contribution in [0.1, 0.15) is 6.92 Å². The maximum absolute atomic E-state index is 13.3. The lowest BCUT2D eigenvalue weighted by atomic mass is 10.3. The van der Waals surface area contributed by atoms with Crippen molar-refractivity contribution in [2.45, 2.75) is 6.92 Å². The van der Waals surface area contributed by atoms with E-state index >= 15 is 0 Å². The molecule has 0 aromatic heterocycles. The van der Waals surface area contributed by atoms with Crippen LogP contribution >= 0.6 is 11.6 Å². The molecule has 0 aliphatic rings. The first-order chi connectivity index (χ1) is 9.13. The predicted molar refractivity (Wildman–Crippen MR) is 69.6 cm³/mol. The van der Waals surface area contributed by atoms with Crippen molar-refractivity contribution in [1.29, 1.82) is 0 Å². The summed E-state index contributed by atoms with van der Waals surface area (Å²) in [5.74, 6) is -1.07. The largest absolute Gasteiger partial charge is 0.463 e. The average Bonchev–Trinajstić information content (AvgIpc) is 2.36. The van der Waals surface area contributed by atoms with Crippen LogP contribution in [0, 0.1) is 5.82 Å². The second-order valence-corrected chi connectivity index (χ2v) is 3.58. The summed E-state index contributed by atoms with van der Waals surface area (Å²) in [5, 5.41) is 0.290. The first kappa shape index (κ1) is 15.0. The van der Waals surface area contributed by atoms with Gasteiger partial charge in [-0.25, -0.2) is 19.7 Å². The normalized spacial score (nSPS) is 10.9. The molecule has 0 amide bonds. The van der Waals surface area contributed by atoms with Gasteiger partial charge in [-0.3, -0.25) is 0 Å². The highest BCUT2D eigenvalue weighted by molar-refractivity contribution is 6.30. The first-order valence-electron chi connectivity index (χ1n) is 5.35. The van der Waals surface area contributed by atoms with Gasteiger partial charge in [0.1, 0.15) is 24.1 Å². The van der Waals surface area contributed by atoms with Crippen LogP contribution in [-0.4, -0.2) is 18.9 Å². The molecule has 1 aromatic rings. The molecule has 0 aliphatic carbocycles. The first-order valence-corrected chi connectivity index (χ1v) is 5.73. The standard InChI is InChI=1S/C12H12ClFN2O3/c1-2-18-12(17)5-6-19-16-8-15-11-4-3-9(13)7-10(11)14/h3-8H,2H2,1H3,(H,15,16)/b6-5+. The smallest absolute Gasteiger partial charge is 0.333 e. The van der Waals surface area contributed by atoms with Gasteiger partial charge in [0.05, 0.1) is 12.7 Å². The number of aliphatic imine (C=N–C) groups is 1. The number of nitrogens with zero attached hydrogens (tertiary/aromatic N) is 1. The van der Waals surface area contributed by atoms with E-state index in [1.54, 1.807) is 6.92 Å². The number of carbonyl (C=O) groups is 1. The van der Waals surface area contributed by atoms with E-state index in [2.05, 4.69) is 15.2 Å². The Morgan fingerprint density at radius 3 is 3.05 bits per heavy atom. The minimum absolute atomic E-state index is 0.106. The lowest BCUT2D eigenvalue weighted by Crippen LogP contribution is -2.08. The second kappa shape index (κ2) is 8.10. The van der Waals surface area contributed by atoms with Crippen molar-refractivity contribution in [2.24, 2.45) is 4.99 Å². The van der Waals surface area contributed by atoms with Crippen LogP contribution in [-0.2, 0) is 14.4 Å². The molecule has 0 unspecified atom stereocenters. The van der Waals surface area contributed by atoms with E-state index in [0.29, 0.717) is 0 Å². The van der Waals surface area contributed by atoms with Crippen LogP contribution < -0.4 is 5.48 Å². The zero-order chi connectivity index (χ0) is 14.1. The monoisotopic (exact) mass is 286 g/mol. The van der Waals surface area contributed by atoms with Crippen LogP contribution in [0.15, 0.2) is 35.5 Å². The summed E-state index contributed by atoms with van der Waals surface area (Å²) in [7, 11) is 0. The molecule has 7 heteroatoms. The van der Waals surface area contributed by atoms with E-state index in [-0.39, 0.29) is 17.3 Å². The number of benzene rings is 1. The van der Waals surface area contributed by atoms with Gasteiger partial charge >= 0.3 is 5.97 Å². The lowest BCUT2D eigenvalue weighted by Gasteiger charge is -1.99. The number of rotatable bonds is 6. The Morgan fingerprint density at radius 2 is 2.37 bits per heavy atom. The van der Waals surface area contributed by atoms with E-state index < -0.39 is 11.8 Å². The third-order valence-corrected chi connectivity index (χ3v) is 2.03. The van der Waals surface area contributed by atoms with Crippen LogP contribution in [0.5, 0.6) is 0 Å². The van der Waals surface area contributed by atoms with E-state index in [0.717, 1.165) is 24.7 Å². The van der Waals surface area contributed by atoms with Crippen molar-refractivity contribution >= 4 is 29.6 Å². The van der Waals surface area contributed by atoms with E-state index in [4.69, 9.17) is 16.4 Å². The number of carbonyl (C=O) groups excluding carboxylic acids is 1. The van der Waals surface area contributed by atoms with Gasteiger partial charge in [-0.2, -0.15) is 0 Å². The van der Waals surface area contributed by atoms with Crippen LogP contribution in [0.2, 0.25) is 5.02 Å². The molecule has 0 bridgehead atoms. The Balaban J connectivity index is 2.36. The quantitative estimate of drug-likeness (QED) is 0.166. The summed E-state index contributed by atoms with van der Waals surface area (Å²) in [6.07, 6.45) is 3.30. The number of nitrogens with one attached hydrogen (secondary N) is 1. The van der Waals surface area contributed by atoms with Crippen molar-refractivity contribution in [3.63, 3.8) is 0 Å². The Hall–Kier alpha value is -2.08. The molecule has 0 atom stereocenters. The van der Waals surface area contributed by atoms with Crippen molar-refractivity contribution in [2.75, 3.05) is 6.61 Å². The summed E-state index contributed by atoms with van der Waals surface area (Å²) in [5.41, 5.74) is 2.39. The molecule has 0 heterocycles. The van der Waals surface area contributed by atoms with Gasteiger partial charge in [0.25, 0.3) is 0 Å². The Bertz CT molecular complexity index is 492. The third kappa shape index (κ3) is 5.87. The van der Waals surface area contributed by atoms with Crippen molar-refractivity contribution in [3.8, 4) is 0 Å². The molecule has 1 rings (SSSR count). The lowest BCUT2D eigenvalue weighted by molar-refractivity contribution is -0.137. The molecule has 19 heavy (non-hydrogen) atoms. The van der Waals surface area contributed by atoms with E-state index in [1.165, 1.54) is 12.1 Å². The minimum Gasteiger partial charge on any atom is -0.463 e. The zero-order valence-corrected chi connectivity index (χ0v) is 10.9. The highest BCUT2D eigenvalue weighted by atomic mass is 35.5. The van der Waals surface area contributed by atoms with Gasteiger partial charge in [-0.15, -0.1) is 0 Å². The summed E-state index contributed by atoms with van der Waals surface area (Å²) in [6.45, 7) is 1.98. The molecule has 5 nitrogen and oxygen atoms in total. The molecule has 102 valence electrons. The van der Waals surface area contributed by atoms with E-state index in [9.17, 15) is 9.18 Å². The predicted octanol–water partition coefficient (Wildman–Crippen LogP) is 2.74. The second-order valence-electron chi connectivity index (χ2n) is 3.14. The number of hydrogen-bond donors (Lipinski definition) is 1. The van der Waals surface area contributed by atoms with E-state index in [1.807, 2.05) is 0 Å². The van der Waals surface area contributed by atoms with Crippen molar-refractivity contribution < 1.29 is 18.8 Å². The zero-order valence-electron chi connectivity index (χ0n) is 10.1. The topological polar surface area (TPSA) is 59.9 Å². The van der Waals surface area contributed by atoms with Gasteiger partial charge in [-0.05, 0) is 25.1 Å². The molecule has 0 saturated heterocycles. The maximum Gasteiger partial charge on any atom is 0.333 e. The van der Waals surface area contributed by atoms with Gasteiger partial charge in [0, 0.05) is 5.02 Å². The number of ether oxygens (including phenoxy) is 1. The average molecular weight is 287 g/mol. The molecule has 1 N–H and O–H groups in total. The highest BCUT2D eigenvalue weighted by Crippen LogP contribution is 2.20. The van der Waals surface area contributed by atoms with Crippen molar-refractivity contribution in [1.82, 2.24) is 5.48 Å². The fourth-order valence-corrected chi connectivity index (χ4v) is 1.19. The Morgan fingerprint density at radius 1 is 1.58 bits per heavy atom.